The molecule has 0 radical (unpaired) electrons. The quantitative estimate of drug-likeness (QED) is 0.762. The summed E-state index contributed by atoms with van der Waals surface area (Å²) in [5.74, 6) is 0.389. The van der Waals surface area contributed by atoms with Crippen molar-refractivity contribution in [1.82, 2.24) is 9.55 Å². The Labute approximate surface area is 87.4 Å². The van der Waals surface area contributed by atoms with Gasteiger partial charge in [-0.2, -0.15) is 0 Å². The molecule has 0 aliphatic heterocycles. The zero-order valence-corrected chi connectivity index (χ0v) is 8.39. The summed E-state index contributed by atoms with van der Waals surface area (Å²) in [7, 11) is 1.77. The molecule has 3 nitrogen and oxygen atoms in total. The van der Waals surface area contributed by atoms with Gasteiger partial charge in [-0.1, -0.05) is 12.1 Å². The predicted molar refractivity (Wildman–Crippen MR) is 57.0 cm³/mol. The number of hydrogen-bond donors (Lipinski definition) is 1. The van der Waals surface area contributed by atoms with Crippen molar-refractivity contribution in [3.05, 3.63) is 48.0 Å². The summed E-state index contributed by atoms with van der Waals surface area (Å²) >= 11 is 0. The Morgan fingerprint density at radius 2 is 2.27 bits per heavy atom. The highest BCUT2D eigenvalue weighted by molar-refractivity contribution is 5.42. The molecule has 0 bridgehead atoms. The molecule has 1 aromatic heterocycles. The normalized spacial score (nSPS) is 12.7. The lowest BCUT2D eigenvalue weighted by Gasteiger charge is -2.08. The van der Waals surface area contributed by atoms with Gasteiger partial charge in [-0.25, -0.2) is 9.37 Å². The number of hydrogen-bond acceptors (Lipinski definition) is 2. The van der Waals surface area contributed by atoms with Crippen LogP contribution >= 0.6 is 0 Å². The van der Waals surface area contributed by atoms with Crippen molar-refractivity contribution in [1.29, 1.82) is 0 Å². The van der Waals surface area contributed by atoms with Gasteiger partial charge in [0.15, 0.2) is 6.17 Å². The van der Waals surface area contributed by atoms with Crippen LogP contribution < -0.4 is 5.73 Å². The molecule has 0 saturated carbocycles. The van der Waals surface area contributed by atoms with E-state index in [1.807, 2.05) is 0 Å². The number of rotatable bonds is 2. The number of aryl methyl sites for hydroxylation is 1. The van der Waals surface area contributed by atoms with E-state index in [1.54, 1.807) is 48.3 Å². The topological polar surface area (TPSA) is 43.8 Å². The number of halogens is 1. The predicted octanol–water partition coefficient (Wildman–Crippen LogP) is 2.06. The Kier molecular flexibility index (Phi) is 2.41. The summed E-state index contributed by atoms with van der Waals surface area (Å²) in [6.07, 6.45) is 2.07. The maximum atomic E-state index is 14.0. The molecular weight excluding hydrogens is 193 g/mol. The van der Waals surface area contributed by atoms with Crippen LogP contribution in [0.2, 0.25) is 0 Å². The maximum Gasteiger partial charge on any atom is 0.183 e. The summed E-state index contributed by atoms with van der Waals surface area (Å²) in [5.41, 5.74) is 6.69. The van der Waals surface area contributed by atoms with Crippen LogP contribution in [0.15, 0.2) is 36.7 Å². The molecule has 1 unspecified atom stereocenters. The first-order valence-corrected chi connectivity index (χ1v) is 4.65. The summed E-state index contributed by atoms with van der Waals surface area (Å²) in [5, 5.41) is 0. The first kappa shape index (κ1) is 9.71. The van der Waals surface area contributed by atoms with E-state index < -0.39 is 6.17 Å². The minimum absolute atomic E-state index is 0.389. The fourth-order valence-corrected chi connectivity index (χ4v) is 1.49. The molecule has 2 aromatic rings. The zero-order chi connectivity index (χ0) is 10.8. The monoisotopic (exact) mass is 205 g/mol. The van der Waals surface area contributed by atoms with Gasteiger partial charge in [-0.05, 0) is 17.7 Å². The minimum atomic E-state index is -1.23. The fraction of sp³-hybridized carbons (Fsp3) is 0.182. The molecule has 0 amide bonds. The molecule has 78 valence electrons. The highest BCUT2D eigenvalue weighted by Crippen LogP contribution is 2.25. The van der Waals surface area contributed by atoms with Crippen LogP contribution in [0.3, 0.4) is 0 Å². The molecule has 0 fully saturated rings. The van der Waals surface area contributed by atoms with Gasteiger partial charge in [0.1, 0.15) is 5.82 Å². The van der Waals surface area contributed by atoms with E-state index in [1.165, 1.54) is 0 Å². The van der Waals surface area contributed by atoms with E-state index in [-0.39, 0.29) is 0 Å². The average molecular weight is 205 g/mol. The zero-order valence-electron chi connectivity index (χ0n) is 8.39. The Morgan fingerprint density at radius 3 is 2.87 bits per heavy atom. The van der Waals surface area contributed by atoms with Crippen LogP contribution in [-0.2, 0) is 7.05 Å². The first-order valence-electron chi connectivity index (χ1n) is 4.65. The van der Waals surface area contributed by atoms with Crippen molar-refractivity contribution in [2.24, 2.45) is 7.05 Å². The molecule has 1 atom stereocenters. The number of anilines is 1. The van der Waals surface area contributed by atoms with Crippen LogP contribution in [0.1, 0.15) is 17.6 Å². The molecule has 2 rings (SSSR count). The third-order valence-electron chi connectivity index (χ3n) is 2.29. The van der Waals surface area contributed by atoms with Crippen LogP contribution in [0, 0.1) is 0 Å². The number of nitrogen functional groups attached to an aromatic ring is 1. The summed E-state index contributed by atoms with van der Waals surface area (Å²) in [6.45, 7) is 0. The summed E-state index contributed by atoms with van der Waals surface area (Å²) in [6, 6.07) is 6.80. The van der Waals surface area contributed by atoms with E-state index in [0.29, 0.717) is 17.1 Å². The molecule has 0 saturated heterocycles. The van der Waals surface area contributed by atoms with Gasteiger partial charge < -0.3 is 10.3 Å². The number of benzene rings is 1. The number of alkyl halides is 1. The molecule has 2 N–H and O–H groups in total. The van der Waals surface area contributed by atoms with Gasteiger partial charge in [0.25, 0.3) is 0 Å². The number of aromatic nitrogens is 2. The molecule has 0 aliphatic rings. The van der Waals surface area contributed by atoms with Crippen molar-refractivity contribution in [3.8, 4) is 0 Å². The van der Waals surface area contributed by atoms with Gasteiger partial charge in [-0.15, -0.1) is 0 Å². The molecule has 0 aliphatic carbocycles. The van der Waals surface area contributed by atoms with Gasteiger partial charge in [0, 0.05) is 25.1 Å². The molecule has 4 heteroatoms. The largest absolute Gasteiger partial charge is 0.399 e. The highest BCUT2D eigenvalue weighted by Gasteiger charge is 2.16. The Hall–Kier alpha value is -1.84. The molecule has 15 heavy (non-hydrogen) atoms. The summed E-state index contributed by atoms with van der Waals surface area (Å²) < 4.78 is 15.7. The van der Waals surface area contributed by atoms with Crippen molar-refractivity contribution in [3.63, 3.8) is 0 Å². The molecule has 1 aromatic carbocycles. The van der Waals surface area contributed by atoms with E-state index in [0.717, 1.165) is 0 Å². The van der Waals surface area contributed by atoms with Crippen molar-refractivity contribution in [2.45, 2.75) is 6.17 Å². The second kappa shape index (κ2) is 3.73. The van der Waals surface area contributed by atoms with Crippen LogP contribution in [-0.4, -0.2) is 9.55 Å². The Morgan fingerprint density at radius 1 is 1.47 bits per heavy atom. The summed E-state index contributed by atoms with van der Waals surface area (Å²) in [4.78, 5) is 3.97. The molecule has 0 spiro atoms. The van der Waals surface area contributed by atoms with E-state index in [2.05, 4.69) is 4.98 Å². The van der Waals surface area contributed by atoms with E-state index in [9.17, 15) is 4.39 Å². The van der Waals surface area contributed by atoms with Crippen LogP contribution in [0.25, 0.3) is 0 Å². The Bertz CT molecular complexity index is 464. The lowest BCUT2D eigenvalue weighted by molar-refractivity contribution is 0.376. The SMILES string of the molecule is Cn1ccnc1C(F)c1cccc(N)c1. The van der Waals surface area contributed by atoms with Gasteiger partial charge in [0.05, 0.1) is 0 Å². The lowest BCUT2D eigenvalue weighted by Crippen LogP contribution is -2.03. The third kappa shape index (κ3) is 1.83. The molecule has 1 heterocycles. The van der Waals surface area contributed by atoms with Crippen LogP contribution in [0.4, 0.5) is 10.1 Å². The standard InChI is InChI=1S/C11H12FN3/c1-15-6-5-14-11(15)10(12)8-3-2-4-9(13)7-8/h2-7,10H,13H2,1H3. The second-order valence-corrected chi connectivity index (χ2v) is 3.43. The smallest absolute Gasteiger partial charge is 0.183 e. The second-order valence-electron chi connectivity index (χ2n) is 3.43. The van der Waals surface area contributed by atoms with Gasteiger partial charge in [0.2, 0.25) is 0 Å². The first-order chi connectivity index (χ1) is 7.18. The molecular formula is C11H12FN3. The fourth-order valence-electron chi connectivity index (χ4n) is 1.49. The van der Waals surface area contributed by atoms with E-state index >= 15 is 0 Å². The number of imidazole rings is 1. The number of nitrogens with two attached hydrogens (primary N) is 1. The van der Waals surface area contributed by atoms with Gasteiger partial charge in [-0.3, -0.25) is 0 Å². The minimum Gasteiger partial charge on any atom is -0.399 e. The van der Waals surface area contributed by atoms with Crippen molar-refractivity contribution >= 4 is 5.69 Å². The van der Waals surface area contributed by atoms with Crippen molar-refractivity contribution in [2.75, 3.05) is 5.73 Å². The average Bonchev–Trinajstić information content (AvgIpc) is 2.63. The number of nitrogens with zero attached hydrogens (tertiary/aromatic N) is 2. The third-order valence-corrected chi connectivity index (χ3v) is 2.29. The van der Waals surface area contributed by atoms with Crippen LogP contribution in [0.5, 0.6) is 0 Å². The highest BCUT2D eigenvalue weighted by atomic mass is 19.1. The Balaban J connectivity index is 2.36. The maximum absolute atomic E-state index is 14.0. The van der Waals surface area contributed by atoms with E-state index in [4.69, 9.17) is 5.73 Å². The van der Waals surface area contributed by atoms with Crippen molar-refractivity contribution < 1.29 is 4.39 Å². The lowest BCUT2D eigenvalue weighted by atomic mass is 10.1. The van der Waals surface area contributed by atoms with Gasteiger partial charge >= 0.3 is 0 Å².